The highest BCUT2D eigenvalue weighted by atomic mass is 14.4. The molecule has 0 amide bonds. The van der Waals surface area contributed by atoms with Crippen LogP contribution in [0, 0.1) is 6.07 Å². The molecule has 6 rings (SSSR count). The van der Waals surface area contributed by atoms with E-state index in [2.05, 4.69) is 133 Å². The first-order valence-electron chi connectivity index (χ1n) is 11.2. The zero-order valence-corrected chi connectivity index (χ0v) is 17.8. The Hall–Kier alpha value is -3.90. The van der Waals surface area contributed by atoms with Gasteiger partial charge in [0.2, 0.25) is 0 Å². The van der Waals surface area contributed by atoms with Gasteiger partial charge in [-0.2, -0.15) is 0 Å². The van der Waals surface area contributed by atoms with Crippen LogP contribution in [0.15, 0.2) is 127 Å². The molecule has 5 aromatic rings. The number of hydrogen-bond donors (Lipinski definition) is 0. The molecule has 0 unspecified atom stereocenters. The first kappa shape index (κ1) is 18.8. The van der Waals surface area contributed by atoms with Gasteiger partial charge in [0.05, 0.1) is 5.41 Å². The van der Waals surface area contributed by atoms with Crippen LogP contribution < -0.4 is 0 Å². The van der Waals surface area contributed by atoms with Crippen LogP contribution in [-0.2, 0) is 11.8 Å². The van der Waals surface area contributed by atoms with Gasteiger partial charge in [-0.05, 0) is 57.0 Å². The lowest BCUT2D eigenvalue weighted by Gasteiger charge is -2.37. The highest BCUT2D eigenvalue weighted by Crippen LogP contribution is 2.47. The van der Waals surface area contributed by atoms with Gasteiger partial charge in [0.25, 0.3) is 0 Å². The van der Waals surface area contributed by atoms with E-state index in [1.807, 2.05) is 0 Å². The minimum Gasteiger partial charge on any atom is -0.0622 e. The summed E-state index contributed by atoms with van der Waals surface area (Å²) in [7, 11) is 0. The molecule has 0 N–H and O–H groups in total. The predicted molar refractivity (Wildman–Crippen MR) is 132 cm³/mol. The van der Waals surface area contributed by atoms with Gasteiger partial charge in [0.15, 0.2) is 0 Å². The molecule has 151 valence electrons. The van der Waals surface area contributed by atoms with Crippen LogP contribution in [0.2, 0.25) is 0 Å². The first-order chi connectivity index (χ1) is 15.9. The summed E-state index contributed by atoms with van der Waals surface area (Å²) >= 11 is 0. The SMILES string of the molecule is [c]1c(C(c2ccccc2)(c2ccccc2)c2ccccc2)ccc2c1Cc1ccccc1-2. The Kier molecular flexibility index (Phi) is 4.51. The molecule has 5 aromatic carbocycles. The van der Waals surface area contributed by atoms with Crippen molar-refractivity contribution in [2.24, 2.45) is 0 Å². The first-order valence-corrected chi connectivity index (χ1v) is 11.2. The van der Waals surface area contributed by atoms with Gasteiger partial charge in [-0.1, -0.05) is 127 Å². The molecule has 0 heterocycles. The summed E-state index contributed by atoms with van der Waals surface area (Å²) in [5.41, 5.74) is 9.84. The summed E-state index contributed by atoms with van der Waals surface area (Å²) in [6, 6.07) is 49.8. The highest BCUT2D eigenvalue weighted by molar-refractivity contribution is 5.77. The maximum Gasteiger partial charge on any atom is 0.0707 e. The largest absolute Gasteiger partial charge is 0.0707 e. The number of fused-ring (bicyclic) bond motifs is 3. The van der Waals surface area contributed by atoms with E-state index in [1.54, 1.807) is 0 Å². The van der Waals surface area contributed by atoms with Crippen molar-refractivity contribution in [2.45, 2.75) is 11.8 Å². The highest BCUT2D eigenvalue weighted by Gasteiger charge is 2.39. The summed E-state index contributed by atoms with van der Waals surface area (Å²) in [6.45, 7) is 0. The minimum absolute atomic E-state index is 0.437. The third kappa shape index (κ3) is 2.84. The molecule has 1 aliphatic carbocycles. The molecule has 0 bridgehead atoms. The second-order valence-electron chi connectivity index (χ2n) is 8.45. The molecule has 0 saturated carbocycles. The molecular weight excluding hydrogens is 384 g/mol. The van der Waals surface area contributed by atoms with Crippen molar-refractivity contribution in [1.82, 2.24) is 0 Å². The van der Waals surface area contributed by atoms with Gasteiger partial charge in [-0.25, -0.2) is 0 Å². The number of hydrogen-bond acceptors (Lipinski definition) is 0. The Balaban J connectivity index is 1.66. The van der Waals surface area contributed by atoms with Crippen LogP contribution in [0.5, 0.6) is 0 Å². The lowest BCUT2D eigenvalue weighted by molar-refractivity contribution is 0.742. The Morgan fingerprint density at radius 3 is 1.53 bits per heavy atom. The van der Waals surface area contributed by atoms with Crippen molar-refractivity contribution in [3.8, 4) is 11.1 Å². The second-order valence-corrected chi connectivity index (χ2v) is 8.45. The molecule has 0 spiro atoms. The average Bonchev–Trinajstić information content (AvgIpc) is 3.25. The standard InChI is InChI=1S/C32H23/c1-4-13-26(14-5-1)32(27-15-6-2-7-16-27,28-17-8-3-9-18-28)29-20-21-31-25(23-29)22-24-12-10-11-19-30(24)31/h1-21H,22H2. The lowest BCUT2D eigenvalue weighted by Crippen LogP contribution is -2.31. The van der Waals surface area contributed by atoms with E-state index in [1.165, 1.54) is 44.5 Å². The summed E-state index contributed by atoms with van der Waals surface area (Å²) in [6.07, 6.45) is 0.938. The minimum atomic E-state index is -0.437. The van der Waals surface area contributed by atoms with Gasteiger partial charge in [0.1, 0.15) is 0 Å². The zero-order valence-electron chi connectivity index (χ0n) is 17.8. The van der Waals surface area contributed by atoms with Crippen molar-refractivity contribution < 1.29 is 0 Å². The van der Waals surface area contributed by atoms with E-state index < -0.39 is 5.41 Å². The molecule has 1 radical (unpaired) electrons. The van der Waals surface area contributed by atoms with Crippen molar-refractivity contribution in [2.75, 3.05) is 0 Å². The fourth-order valence-electron chi connectivity index (χ4n) is 5.31. The Morgan fingerprint density at radius 2 is 0.969 bits per heavy atom. The van der Waals surface area contributed by atoms with E-state index in [-0.39, 0.29) is 0 Å². The molecule has 0 nitrogen and oxygen atoms in total. The van der Waals surface area contributed by atoms with Crippen molar-refractivity contribution in [3.05, 3.63) is 167 Å². The maximum atomic E-state index is 3.91. The third-order valence-electron chi connectivity index (χ3n) is 6.73. The summed E-state index contributed by atoms with van der Waals surface area (Å²) in [5, 5.41) is 0. The van der Waals surface area contributed by atoms with Crippen LogP contribution in [-0.4, -0.2) is 0 Å². The fraction of sp³-hybridized carbons (Fsp3) is 0.0625. The van der Waals surface area contributed by atoms with Crippen molar-refractivity contribution in [3.63, 3.8) is 0 Å². The lowest BCUT2D eigenvalue weighted by atomic mass is 9.65. The van der Waals surface area contributed by atoms with E-state index in [4.69, 9.17) is 0 Å². The van der Waals surface area contributed by atoms with Crippen molar-refractivity contribution in [1.29, 1.82) is 0 Å². The normalized spacial score (nSPS) is 12.2. The molecule has 0 aromatic heterocycles. The van der Waals surface area contributed by atoms with Crippen LogP contribution >= 0.6 is 0 Å². The summed E-state index contributed by atoms with van der Waals surface area (Å²) < 4.78 is 0. The van der Waals surface area contributed by atoms with Gasteiger partial charge < -0.3 is 0 Å². The van der Waals surface area contributed by atoms with Gasteiger partial charge >= 0.3 is 0 Å². The molecule has 0 heteroatoms. The fourth-order valence-corrected chi connectivity index (χ4v) is 5.31. The van der Waals surface area contributed by atoms with E-state index in [0.717, 1.165) is 6.42 Å². The quantitative estimate of drug-likeness (QED) is 0.266. The van der Waals surface area contributed by atoms with Gasteiger partial charge in [-0.15, -0.1) is 0 Å². The molecule has 0 saturated heterocycles. The number of benzene rings is 5. The molecule has 32 heavy (non-hydrogen) atoms. The predicted octanol–water partition coefficient (Wildman–Crippen LogP) is 7.44. The second kappa shape index (κ2) is 7.66. The smallest absolute Gasteiger partial charge is 0.0622 e. The average molecular weight is 408 g/mol. The zero-order chi connectivity index (χ0) is 21.4. The Morgan fingerprint density at radius 1 is 0.469 bits per heavy atom. The topological polar surface area (TPSA) is 0 Å². The van der Waals surface area contributed by atoms with Gasteiger partial charge in [0, 0.05) is 0 Å². The van der Waals surface area contributed by atoms with E-state index >= 15 is 0 Å². The van der Waals surface area contributed by atoms with Gasteiger partial charge in [-0.3, -0.25) is 0 Å². The third-order valence-corrected chi connectivity index (χ3v) is 6.73. The Labute approximate surface area is 189 Å². The molecular formula is C32H23. The van der Waals surface area contributed by atoms with E-state index in [0.29, 0.717) is 0 Å². The van der Waals surface area contributed by atoms with Crippen LogP contribution in [0.25, 0.3) is 11.1 Å². The van der Waals surface area contributed by atoms with Crippen molar-refractivity contribution >= 4 is 0 Å². The van der Waals surface area contributed by atoms with E-state index in [9.17, 15) is 0 Å². The monoisotopic (exact) mass is 407 g/mol. The number of rotatable bonds is 4. The van der Waals surface area contributed by atoms with Crippen LogP contribution in [0.4, 0.5) is 0 Å². The maximum absolute atomic E-state index is 3.91. The molecule has 1 aliphatic rings. The van der Waals surface area contributed by atoms with Crippen LogP contribution in [0.1, 0.15) is 33.4 Å². The van der Waals surface area contributed by atoms with Crippen LogP contribution in [0.3, 0.4) is 0 Å². The molecule has 0 atom stereocenters. The summed E-state index contributed by atoms with van der Waals surface area (Å²) in [5.74, 6) is 0. The summed E-state index contributed by atoms with van der Waals surface area (Å²) in [4.78, 5) is 0. The molecule has 0 aliphatic heterocycles. The Bertz CT molecular complexity index is 1270. The molecule has 0 fully saturated rings.